The average molecular weight is 344 g/mol. The number of rotatable bonds is 5. The molecule has 1 aliphatic heterocycles. The van der Waals surface area contributed by atoms with E-state index in [0.29, 0.717) is 47.3 Å². The van der Waals surface area contributed by atoms with Crippen LogP contribution in [0, 0.1) is 0 Å². The first-order chi connectivity index (χ1) is 10.5. The fraction of sp³-hybridized carbons (Fsp3) is 0.588. The van der Waals surface area contributed by atoms with Gasteiger partial charge in [0.15, 0.2) is 0 Å². The Morgan fingerprint density at radius 3 is 2.59 bits per heavy atom. The summed E-state index contributed by atoms with van der Waals surface area (Å²) in [4.78, 5) is 14.4. The molecule has 0 bridgehead atoms. The van der Waals surface area contributed by atoms with Crippen LogP contribution in [0.25, 0.3) is 0 Å². The van der Waals surface area contributed by atoms with Gasteiger partial charge in [-0.15, -0.1) is 0 Å². The molecule has 1 saturated heterocycles. The Balaban J connectivity index is 1.77. The lowest BCUT2D eigenvalue weighted by Gasteiger charge is -2.39. The molecule has 1 amide bonds. The van der Waals surface area contributed by atoms with Gasteiger partial charge in [0.1, 0.15) is 5.75 Å². The van der Waals surface area contributed by atoms with Crippen molar-refractivity contribution in [3.05, 3.63) is 28.2 Å². The summed E-state index contributed by atoms with van der Waals surface area (Å²) in [5.74, 6) is 0.837. The van der Waals surface area contributed by atoms with Crippen LogP contribution in [0.5, 0.6) is 5.75 Å². The molecule has 0 spiro atoms. The van der Waals surface area contributed by atoms with Crippen LogP contribution >= 0.6 is 23.2 Å². The zero-order valence-corrected chi connectivity index (χ0v) is 14.7. The highest BCUT2D eigenvalue weighted by Crippen LogP contribution is 2.28. The zero-order valence-electron chi connectivity index (χ0n) is 13.1. The molecular formula is C17H23Cl2NO2. The molecule has 1 aromatic rings. The van der Waals surface area contributed by atoms with Crippen LogP contribution in [0.2, 0.25) is 10.0 Å². The number of carbonyl (C=O) groups is 1. The van der Waals surface area contributed by atoms with Crippen LogP contribution in [0.3, 0.4) is 0 Å². The maximum atomic E-state index is 12.4. The van der Waals surface area contributed by atoms with Crippen LogP contribution in [0.4, 0.5) is 0 Å². The fourth-order valence-corrected chi connectivity index (χ4v) is 3.50. The Labute approximate surface area is 142 Å². The lowest BCUT2D eigenvalue weighted by atomic mass is 9.97. The lowest BCUT2D eigenvalue weighted by Crippen LogP contribution is -2.47. The molecular weight excluding hydrogens is 321 g/mol. The van der Waals surface area contributed by atoms with Crippen LogP contribution in [-0.2, 0) is 4.79 Å². The van der Waals surface area contributed by atoms with Crippen molar-refractivity contribution in [3.8, 4) is 5.75 Å². The Kier molecular flexibility index (Phi) is 6.39. The second kappa shape index (κ2) is 8.07. The third-order valence-electron chi connectivity index (χ3n) is 4.17. The fourth-order valence-electron chi connectivity index (χ4n) is 3.04. The molecule has 0 N–H and O–H groups in total. The maximum absolute atomic E-state index is 12.4. The van der Waals surface area contributed by atoms with Crippen molar-refractivity contribution in [1.82, 2.24) is 4.90 Å². The molecule has 22 heavy (non-hydrogen) atoms. The van der Waals surface area contributed by atoms with Crippen molar-refractivity contribution in [2.24, 2.45) is 0 Å². The number of hydrogen-bond acceptors (Lipinski definition) is 2. The number of amides is 1. The standard InChI is InChI=1S/C17H23Cl2NO2/c1-12-5-3-6-13(2)20(12)17(21)7-4-10-22-16-9-8-14(18)11-15(16)19/h8-9,11-13H,3-7,10H2,1-2H3/t12-,13+. The normalized spacial score (nSPS) is 21.7. The van der Waals surface area contributed by atoms with Crippen molar-refractivity contribution in [3.63, 3.8) is 0 Å². The van der Waals surface area contributed by atoms with Crippen LogP contribution in [0.15, 0.2) is 18.2 Å². The quantitative estimate of drug-likeness (QED) is 0.708. The topological polar surface area (TPSA) is 29.5 Å². The van der Waals surface area contributed by atoms with E-state index in [2.05, 4.69) is 13.8 Å². The molecule has 3 nitrogen and oxygen atoms in total. The third-order valence-corrected chi connectivity index (χ3v) is 4.70. The summed E-state index contributed by atoms with van der Waals surface area (Å²) in [7, 11) is 0. The van der Waals surface area contributed by atoms with E-state index in [-0.39, 0.29) is 5.91 Å². The highest BCUT2D eigenvalue weighted by Gasteiger charge is 2.28. The smallest absolute Gasteiger partial charge is 0.223 e. The second-order valence-electron chi connectivity index (χ2n) is 5.96. The van der Waals surface area contributed by atoms with E-state index in [0.717, 1.165) is 12.8 Å². The first-order valence-corrected chi connectivity index (χ1v) is 8.63. The highest BCUT2D eigenvalue weighted by atomic mass is 35.5. The number of nitrogens with zero attached hydrogens (tertiary/aromatic N) is 1. The van der Waals surface area contributed by atoms with Crippen molar-refractivity contribution in [2.45, 2.75) is 58.0 Å². The van der Waals surface area contributed by atoms with Gasteiger partial charge in [-0.25, -0.2) is 0 Å². The number of benzene rings is 1. The lowest BCUT2D eigenvalue weighted by molar-refractivity contribution is -0.137. The van der Waals surface area contributed by atoms with Crippen molar-refractivity contribution < 1.29 is 9.53 Å². The number of piperidine rings is 1. The van der Waals surface area contributed by atoms with E-state index in [1.54, 1.807) is 18.2 Å². The van der Waals surface area contributed by atoms with Gasteiger partial charge in [0.25, 0.3) is 0 Å². The van der Waals surface area contributed by atoms with Crippen LogP contribution in [-0.4, -0.2) is 29.5 Å². The number of halogens is 2. The highest BCUT2D eigenvalue weighted by molar-refractivity contribution is 6.35. The van der Waals surface area contributed by atoms with Gasteiger partial charge in [-0.05, 0) is 57.7 Å². The molecule has 1 aromatic carbocycles. The van der Waals surface area contributed by atoms with Gasteiger partial charge in [-0.2, -0.15) is 0 Å². The molecule has 0 radical (unpaired) electrons. The molecule has 5 heteroatoms. The minimum atomic E-state index is 0.227. The minimum absolute atomic E-state index is 0.227. The predicted octanol–water partition coefficient (Wildman–Crippen LogP) is 4.94. The summed E-state index contributed by atoms with van der Waals surface area (Å²) < 4.78 is 5.62. The van der Waals surface area contributed by atoms with E-state index < -0.39 is 0 Å². The molecule has 1 aliphatic rings. The van der Waals surface area contributed by atoms with Gasteiger partial charge < -0.3 is 9.64 Å². The Hall–Kier alpha value is -0.930. The van der Waals surface area contributed by atoms with Crippen LogP contribution < -0.4 is 4.74 Å². The monoisotopic (exact) mass is 343 g/mol. The molecule has 2 atom stereocenters. The third kappa shape index (κ3) is 4.53. The number of carbonyl (C=O) groups excluding carboxylic acids is 1. The molecule has 0 aliphatic carbocycles. The molecule has 122 valence electrons. The first-order valence-electron chi connectivity index (χ1n) is 7.88. The molecule has 0 unspecified atom stereocenters. The second-order valence-corrected chi connectivity index (χ2v) is 6.80. The Morgan fingerprint density at radius 1 is 1.27 bits per heavy atom. The van der Waals surface area contributed by atoms with Crippen molar-refractivity contribution in [2.75, 3.05) is 6.61 Å². The summed E-state index contributed by atoms with van der Waals surface area (Å²) in [6.07, 6.45) is 4.62. The average Bonchev–Trinajstić information content (AvgIpc) is 2.45. The largest absolute Gasteiger partial charge is 0.492 e. The van der Waals surface area contributed by atoms with Gasteiger partial charge in [-0.3, -0.25) is 4.79 Å². The van der Waals surface area contributed by atoms with Gasteiger partial charge >= 0.3 is 0 Å². The Bertz CT molecular complexity index is 511. The number of hydrogen-bond donors (Lipinski definition) is 0. The Morgan fingerprint density at radius 2 is 1.95 bits per heavy atom. The van der Waals surface area contributed by atoms with E-state index in [4.69, 9.17) is 27.9 Å². The van der Waals surface area contributed by atoms with Crippen LogP contribution in [0.1, 0.15) is 46.0 Å². The molecule has 2 rings (SSSR count). The van der Waals surface area contributed by atoms with Gasteiger partial charge in [0.2, 0.25) is 5.91 Å². The SMILES string of the molecule is C[C@@H]1CCC[C@H](C)N1C(=O)CCCOc1ccc(Cl)cc1Cl. The maximum Gasteiger partial charge on any atom is 0.223 e. The van der Waals surface area contributed by atoms with Gasteiger partial charge in [0, 0.05) is 23.5 Å². The summed E-state index contributed by atoms with van der Waals surface area (Å²) in [6, 6.07) is 5.85. The molecule has 0 saturated carbocycles. The first kappa shape index (κ1) is 17.4. The van der Waals surface area contributed by atoms with Crippen molar-refractivity contribution >= 4 is 29.1 Å². The van der Waals surface area contributed by atoms with E-state index in [1.165, 1.54) is 6.42 Å². The van der Waals surface area contributed by atoms with E-state index >= 15 is 0 Å². The minimum Gasteiger partial charge on any atom is -0.492 e. The number of ether oxygens (including phenoxy) is 1. The predicted molar refractivity (Wildman–Crippen MR) is 90.8 cm³/mol. The molecule has 0 aromatic heterocycles. The van der Waals surface area contributed by atoms with E-state index in [1.807, 2.05) is 4.90 Å². The van der Waals surface area contributed by atoms with Crippen molar-refractivity contribution in [1.29, 1.82) is 0 Å². The summed E-state index contributed by atoms with van der Waals surface area (Å²) in [6.45, 7) is 4.75. The zero-order chi connectivity index (χ0) is 16.1. The van der Waals surface area contributed by atoms with Gasteiger partial charge in [0.05, 0.1) is 11.6 Å². The van der Waals surface area contributed by atoms with Gasteiger partial charge in [-0.1, -0.05) is 23.2 Å². The number of likely N-dealkylation sites (tertiary alicyclic amines) is 1. The summed E-state index contributed by atoms with van der Waals surface area (Å²) in [5.41, 5.74) is 0. The molecule has 1 fully saturated rings. The summed E-state index contributed by atoms with van der Waals surface area (Å²) in [5, 5.41) is 1.08. The van der Waals surface area contributed by atoms with E-state index in [9.17, 15) is 4.79 Å². The summed E-state index contributed by atoms with van der Waals surface area (Å²) >= 11 is 11.9. The molecule has 1 heterocycles.